The summed E-state index contributed by atoms with van der Waals surface area (Å²) in [5.74, 6) is -0.544. The highest BCUT2D eigenvalue weighted by atomic mass is 19.1. The number of hydrogen-bond donors (Lipinski definition) is 1. The van der Waals surface area contributed by atoms with Crippen LogP contribution in [-0.4, -0.2) is 17.7 Å². The van der Waals surface area contributed by atoms with Gasteiger partial charge in [0, 0.05) is 5.71 Å². The molecule has 1 aliphatic rings. The van der Waals surface area contributed by atoms with Crippen molar-refractivity contribution < 1.29 is 9.18 Å². The lowest BCUT2D eigenvalue weighted by Gasteiger charge is -2.32. The van der Waals surface area contributed by atoms with E-state index in [2.05, 4.69) is 4.99 Å². The highest BCUT2D eigenvalue weighted by molar-refractivity contribution is 6.02. The fourth-order valence-corrected chi connectivity index (χ4v) is 3.11. The molecule has 2 rings (SSSR count). The predicted molar refractivity (Wildman–Crippen MR) is 78.2 cm³/mol. The third-order valence-electron chi connectivity index (χ3n) is 4.51. The van der Waals surface area contributed by atoms with E-state index in [-0.39, 0.29) is 17.8 Å². The van der Waals surface area contributed by atoms with E-state index >= 15 is 0 Å². The summed E-state index contributed by atoms with van der Waals surface area (Å²) in [6.45, 7) is 3.95. The average molecular weight is 276 g/mol. The van der Waals surface area contributed by atoms with Crippen molar-refractivity contribution in [3.63, 3.8) is 0 Å². The molecule has 1 aromatic rings. The Morgan fingerprint density at radius 3 is 2.70 bits per heavy atom. The second-order valence-corrected chi connectivity index (χ2v) is 5.37. The van der Waals surface area contributed by atoms with E-state index in [4.69, 9.17) is 5.73 Å². The van der Waals surface area contributed by atoms with Crippen LogP contribution in [0, 0.1) is 11.2 Å². The predicted octanol–water partition coefficient (Wildman–Crippen LogP) is 3.07. The maximum Gasteiger partial charge on any atom is 0.225 e. The molecule has 0 radical (unpaired) electrons. The minimum atomic E-state index is -0.574. The maximum absolute atomic E-state index is 13.3. The average Bonchev–Trinajstić information content (AvgIpc) is 2.91. The summed E-state index contributed by atoms with van der Waals surface area (Å²) in [5, 5.41) is 0. The van der Waals surface area contributed by atoms with Crippen LogP contribution >= 0.6 is 0 Å². The molecule has 0 spiro atoms. The number of primary amides is 1. The van der Waals surface area contributed by atoms with Crippen molar-refractivity contribution in [2.75, 3.05) is 0 Å². The SMILES string of the molecule is CCC(CC)(C(N)=O)[C@H]1CCC(c2cccc(F)c2)=N1. The lowest BCUT2D eigenvalue weighted by Crippen LogP contribution is -2.44. The van der Waals surface area contributed by atoms with Gasteiger partial charge in [0.1, 0.15) is 5.82 Å². The number of rotatable bonds is 5. The van der Waals surface area contributed by atoms with Crippen molar-refractivity contribution in [1.82, 2.24) is 0 Å². The van der Waals surface area contributed by atoms with Crippen molar-refractivity contribution in [2.24, 2.45) is 16.1 Å². The van der Waals surface area contributed by atoms with Crippen LogP contribution in [-0.2, 0) is 4.79 Å². The minimum absolute atomic E-state index is 0.0896. The van der Waals surface area contributed by atoms with Gasteiger partial charge in [-0.3, -0.25) is 9.79 Å². The van der Waals surface area contributed by atoms with Gasteiger partial charge < -0.3 is 5.73 Å². The topological polar surface area (TPSA) is 55.5 Å². The van der Waals surface area contributed by atoms with Gasteiger partial charge in [-0.15, -0.1) is 0 Å². The molecule has 2 N–H and O–H groups in total. The second kappa shape index (κ2) is 5.73. The quantitative estimate of drug-likeness (QED) is 0.882. The van der Waals surface area contributed by atoms with Gasteiger partial charge in [0.05, 0.1) is 11.5 Å². The monoisotopic (exact) mass is 276 g/mol. The minimum Gasteiger partial charge on any atom is -0.369 e. The summed E-state index contributed by atoms with van der Waals surface area (Å²) in [4.78, 5) is 16.5. The molecule has 1 aliphatic heterocycles. The number of nitrogens with zero attached hydrogens (tertiary/aromatic N) is 1. The van der Waals surface area contributed by atoms with Gasteiger partial charge in [-0.25, -0.2) is 4.39 Å². The lowest BCUT2D eigenvalue weighted by molar-refractivity contribution is -0.129. The summed E-state index contributed by atoms with van der Waals surface area (Å²) in [7, 11) is 0. The first-order valence-electron chi connectivity index (χ1n) is 7.16. The normalized spacial score (nSPS) is 18.9. The molecule has 3 nitrogen and oxygen atoms in total. The lowest BCUT2D eigenvalue weighted by atomic mass is 9.74. The molecule has 1 aromatic carbocycles. The number of carbonyl (C=O) groups is 1. The number of amides is 1. The summed E-state index contributed by atoms with van der Waals surface area (Å²) < 4.78 is 13.3. The Morgan fingerprint density at radius 1 is 1.45 bits per heavy atom. The first-order valence-corrected chi connectivity index (χ1v) is 7.16. The fraction of sp³-hybridized carbons (Fsp3) is 0.500. The van der Waals surface area contributed by atoms with Crippen LogP contribution in [0.25, 0.3) is 0 Å². The zero-order valence-corrected chi connectivity index (χ0v) is 12.0. The summed E-state index contributed by atoms with van der Waals surface area (Å²) in [6, 6.07) is 6.36. The van der Waals surface area contributed by atoms with Gasteiger partial charge in [0.2, 0.25) is 5.91 Å². The van der Waals surface area contributed by atoms with Crippen LogP contribution in [0.1, 0.15) is 45.1 Å². The fourth-order valence-electron chi connectivity index (χ4n) is 3.11. The third kappa shape index (κ3) is 2.47. The van der Waals surface area contributed by atoms with E-state index in [0.29, 0.717) is 12.8 Å². The van der Waals surface area contributed by atoms with Crippen molar-refractivity contribution in [3.05, 3.63) is 35.6 Å². The van der Waals surface area contributed by atoms with Gasteiger partial charge >= 0.3 is 0 Å². The van der Waals surface area contributed by atoms with Crippen molar-refractivity contribution in [3.8, 4) is 0 Å². The largest absolute Gasteiger partial charge is 0.369 e. The number of nitrogens with two attached hydrogens (primary N) is 1. The van der Waals surface area contributed by atoms with Gasteiger partial charge in [-0.2, -0.15) is 0 Å². The van der Waals surface area contributed by atoms with E-state index in [9.17, 15) is 9.18 Å². The number of carbonyl (C=O) groups excluding carboxylic acids is 1. The Bertz CT molecular complexity index is 535. The Kier molecular flexibility index (Phi) is 4.21. The van der Waals surface area contributed by atoms with Crippen molar-refractivity contribution >= 4 is 11.6 Å². The Hall–Kier alpha value is -1.71. The Morgan fingerprint density at radius 2 is 2.15 bits per heavy atom. The smallest absolute Gasteiger partial charge is 0.225 e. The number of hydrogen-bond acceptors (Lipinski definition) is 2. The van der Waals surface area contributed by atoms with E-state index in [1.165, 1.54) is 12.1 Å². The zero-order chi connectivity index (χ0) is 14.8. The molecular weight excluding hydrogens is 255 g/mol. The molecule has 0 unspecified atom stereocenters. The highest BCUT2D eigenvalue weighted by Gasteiger charge is 2.43. The molecule has 1 heterocycles. The third-order valence-corrected chi connectivity index (χ3v) is 4.51. The van der Waals surface area contributed by atoms with Gasteiger partial charge in [0.15, 0.2) is 0 Å². The summed E-state index contributed by atoms with van der Waals surface area (Å²) in [5.41, 5.74) is 6.72. The second-order valence-electron chi connectivity index (χ2n) is 5.37. The van der Waals surface area contributed by atoms with Crippen LogP contribution < -0.4 is 5.73 Å². The van der Waals surface area contributed by atoms with Crippen LogP contribution in [0.15, 0.2) is 29.3 Å². The number of benzene rings is 1. The van der Waals surface area contributed by atoms with Gasteiger partial charge in [-0.05, 0) is 43.4 Å². The first kappa shape index (κ1) is 14.7. The van der Waals surface area contributed by atoms with Crippen LogP contribution in [0.4, 0.5) is 4.39 Å². The molecular formula is C16H21FN2O. The Balaban J connectivity index is 2.32. The zero-order valence-electron chi connectivity index (χ0n) is 12.0. The van der Waals surface area contributed by atoms with Gasteiger partial charge in [-0.1, -0.05) is 26.0 Å². The van der Waals surface area contributed by atoms with E-state index < -0.39 is 5.41 Å². The molecule has 1 amide bonds. The van der Waals surface area contributed by atoms with Crippen LogP contribution in [0.3, 0.4) is 0 Å². The molecule has 0 saturated carbocycles. The van der Waals surface area contributed by atoms with Crippen molar-refractivity contribution in [2.45, 2.75) is 45.6 Å². The number of halogens is 1. The van der Waals surface area contributed by atoms with Crippen LogP contribution in [0.5, 0.6) is 0 Å². The molecule has 108 valence electrons. The molecule has 0 bridgehead atoms. The van der Waals surface area contributed by atoms with Crippen LogP contribution in [0.2, 0.25) is 0 Å². The van der Waals surface area contributed by atoms with E-state index in [1.807, 2.05) is 19.9 Å². The summed E-state index contributed by atoms with van der Waals surface area (Å²) in [6.07, 6.45) is 2.94. The van der Waals surface area contributed by atoms with E-state index in [1.54, 1.807) is 6.07 Å². The standard InChI is InChI=1S/C16H21FN2O/c1-3-16(4-2,15(18)20)14-9-8-13(19-14)11-6-5-7-12(17)10-11/h5-7,10,14H,3-4,8-9H2,1-2H3,(H2,18,20)/t14-/m1/s1. The molecule has 1 atom stereocenters. The highest BCUT2D eigenvalue weighted by Crippen LogP contribution is 2.38. The number of aliphatic imine (C=N–C) groups is 1. The van der Waals surface area contributed by atoms with Crippen molar-refractivity contribution in [1.29, 1.82) is 0 Å². The first-order chi connectivity index (χ1) is 9.53. The molecule has 20 heavy (non-hydrogen) atoms. The van der Waals surface area contributed by atoms with Gasteiger partial charge in [0.25, 0.3) is 0 Å². The maximum atomic E-state index is 13.3. The molecule has 0 aromatic heterocycles. The van der Waals surface area contributed by atoms with E-state index in [0.717, 1.165) is 24.1 Å². The molecule has 0 aliphatic carbocycles. The summed E-state index contributed by atoms with van der Waals surface area (Å²) >= 11 is 0. The molecule has 0 saturated heterocycles. The molecule has 0 fully saturated rings. The molecule has 4 heteroatoms. The Labute approximate surface area is 119 Å².